The molecule has 0 spiro atoms. The minimum Gasteiger partial charge on any atom is -0.357 e. The zero-order valence-electron chi connectivity index (χ0n) is 15.7. The lowest BCUT2D eigenvalue weighted by Crippen LogP contribution is -2.46. The minimum atomic E-state index is -4.13. The average Bonchev–Trinajstić information content (AvgIpc) is 2.91. The first-order chi connectivity index (χ1) is 11.3. The van der Waals surface area contributed by atoms with Crippen molar-refractivity contribution < 1.29 is 13.2 Å². The Kier molecular flexibility index (Phi) is 12.0. The number of guanidine groups is 1. The van der Waals surface area contributed by atoms with E-state index in [4.69, 9.17) is 0 Å². The number of hydrogen-bond acceptors (Lipinski definition) is 3. The van der Waals surface area contributed by atoms with Crippen LogP contribution in [-0.2, 0) is 0 Å². The Hall–Kier alpha value is -0.290. The first-order valence-electron chi connectivity index (χ1n) is 8.87. The summed E-state index contributed by atoms with van der Waals surface area (Å²) in [6.07, 6.45) is -3.43. The standard InChI is InChI=1S/C16H32F3N5.HI/c1-5-20-15(21-10-13(4)24(6-2)7-3)22-14-8-9-23(11-14)12-16(17,18)19;/h13-14H,5-12H2,1-4H3,(H2,20,21,22);1H. The molecular formula is C16H33F3IN5. The highest BCUT2D eigenvalue weighted by Crippen LogP contribution is 2.19. The molecule has 0 aromatic heterocycles. The monoisotopic (exact) mass is 479 g/mol. The molecule has 150 valence electrons. The number of likely N-dealkylation sites (N-methyl/N-ethyl adjacent to an activating group) is 1. The predicted octanol–water partition coefficient (Wildman–Crippen LogP) is 2.53. The molecule has 2 N–H and O–H groups in total. The van der Waals surface area contributed by atoms with Gasteiger partial charge in [0.05, 0.1) is 13.1 Å². The number of hydrogen-bond donors (Lipinski definition) is 2. The van der Waals surface area contributed by atoms with Gasteiger partial charge >= 0.3 is 6.18 Å². The van der Waals surface area contributed by atoms with E-state index in [0.717, 1.165) is 19.6 Å². The quantitative estimate of drug-likeness (QED) is 0.319. The highest BCUT2D eigenvalue weighted by molar-refractivity contribution is 14.0. The molecule has 1 fully saturated rings. The first kappa shape index (κ1) is 24.7. The van der Waals surface area contributed by atoms with Gasteiger partial charge in [0, 0.05) is 31.7 Å². The predicted molar refractivity (Wildman–Crippen MR) is 108 cm³/mol. The fraction of sp³-hybridized carbons (Fsp3) is 0.938. The van der Waals surface area contributed by atoms with Crippen molar-refractivity contribution >= 4 is 29.9 Å². The van der Waals surface area contributed by atoms with E-state index in [1.54, 1.807) is 0 Å². The van der Waals surface area contributed by atoms with E-state index in [1.807, 2.05) is 6.92 Å². The summed E-state index contributed by atoms with van der Waals surface area (Å²) in [5.41, 5.74) is 0. The molecule has 0 aromatic rings. The first-order valence-corrected chi connectivity index (χ1v) is 8.87. The summed E-state index contributed by atoms with van der Waals surface area (Å²) in [7, 11) is 0. The molecule has 0 saturated carbocycles. The topological polar surface area (TPSA) is 42.9 Å². The fourth-order valence-electron chi connectivity index (χ4n) is 3.05. The average molecular weight is 479 g/mol. The fourth-order valence-corrected chi connectivity index (χ4v) is 3.05. The summed E-state index contributed by atoms with van der Waals surface area (Å²) in [6.45, 7) is 11.7. The third-order valence-electron chi connectivity index (χ3n) is 4.31. The second-order valence-corrected chi connectivity index (χ2v) is 6.27. The van der Waals surface area contributed by atoms with Crippen LogP contribution in [-0.4, -0.2) is 79.8 Å². The van der Waals surface area contributed by atoms with Gasteiger partial charge in [-0.1, -0.05) is 13.8 Å². The lowest BCUT2D eigenvalue weighted by atomic mass is 10.2. The molecule has 0 aliphatic carbocycles. The van der Waals surface area contributed by atoms with E-state index < -0.39 is 12.7 Å². The molecule has 2 unspecified atom stereocenters. The highest BCUT2D eigenvalue weighted by atomic mass is 127. The van der Waals surface area contributed by atoms with Crippen LogP contribution < -0.4 is 10.6 Å². The Balaban J connectivity index is 0.00000576. The third kappa shape index (κ3) is 9.83. The maximum absolute atomic E-state index is 12.5. The molecule has 0 bridgehead atoms. The normalized spacial score (nSPS) is 20.5. The van der Waals surface area contributed by atoms with E-state index >= 15 is 0 Å². The lowest BCUT2D eigenvalue weighted by molar-refractivity contribution is -0.143. The zero-order valence-corrected chi connectivity index (χ0v) is 18.0. The number of rotatable bonds is 8. The number of aliphatic imine (C=N–C) groups is 1. The van der Waals surface area contributed by atoms with Gasteiger partial charge < -0.3 is 10.6 Å². The number of alkyl halides is 3. The van der Waals surface area contributed by atoms with E-state index in [-0.39, 0.29) is 30.0 Å². The molecule has 1 aliphatic rings. The molecular weight excluding hydrogens is 446 g/mol. The highest BCUT2D eigenvalue weighted by Gasteiger charge is 2.34. The Labute approximate surface area is 166 Å². The van der Waals surface area contributed by atoms with Crippen LogP contribution in [0.2, 0.25) is 0 Å². The van der Waals surface area contributed by atoms with Crippen molar-refractivity contribution in [2.75, 3.05) is 45.8 Å². The summed E-state index contributed by atoms with van der Waals surface area (Å²) in [4.78, 5) is 8.38. The van der Waals surface area contributed by atoms with Gasteiger partial charge in [-0.15, -0.1) is 24.0 Å². The Morgan fingerprint density at radius 3 is 2.44 bits per heavy atom. The molecule has 5 nitrogen and oxygen atoms in total. The van der Waals surface area contributed by atoms with Crippen LogP contribution in [0, 0.1) is 0 Å². The van der Waals surface area contributed by atoms with Crippen molar-refractivity contribution in [2.24, 2.45) is 4.99 Å². The van der Waals surface area contributed by atoms with E-state index in [9.17, 15) is 13.2 Å². The molecule has 2 atom stereocenters. The molecule has 0 amide bonds. The molecule has 1 rings (SSSR count). The number of halogens is 4. The van der Waals surface area contributed by atoms with Gasteiger partial charge in [-0.05, 0) is 33.4 Å². The van der Waals surface area contributed by atoms with Crippen molar-refractivity contribution in [3.8, 4) is 0 Å². The Morgan fingerprint density at radius 1 is 1.28 bits per heavy atom. The smallest absolute Gasteiger partial charge is 0.357 e. The third-order valence-corrected chi connectivity index (χ3v) is 4.31. The second kappa shape index (κ2) is 12.2. The molecule has 1 saturated heterocycles. The van der Waals surface area contributed by atoms with Gasteiger partial charge in [-0.2, -0.15) is 13.2 Å². The number of nitrogens with one attached hydrogen (secondary N) is 2. The van der Waals surface area contributed by atoms with Crippen molar-refractivity contribution in [3.05, 3.63) is 0 Å². The van der Waals surface area contributed by atoms with E-state index in [1.165, 1.54) is 4.90 Å². The molecule has 0 radical (unpaired) electrons. The van der Waals surface area contributed by atoms with Crippen LogP contribution in [0.25, 0.3) is 0 Å². The molecule has 1 heterocycles. The molecule has 0 aromatic carbocycles. The van der Waals surface area contributed by atoms with Crippen LogP contribution in [0.1, 0.15) is 34.1 Å². The van der Waals surface area contributed by atoms with E-state index in [0.29, 0.717) is 38.1 Å². The maximum atomic E-state index is 12.5. The maximum Gasteiger partial charge on any atom is 0.401 e. The van der Waals surface area contributed by atoms with Gasteiger partial charge in [0.15, 0.2) is 5.96 Å². The van der Waals surface area contributed by atoms with E-state index in [2.05, 4.69) is 41.3 Å². The summed E-state index contributed by atoms with van der Waals surface area (Å²) in [6, 6.07) is 0.342. The molecule has 9 heteroatoms. The SMILES string of the molecule is CCNC(=NCC(C)N(CC)CC)NC1CCN(CC(F)(F)F)C1.I. The Morgan fingerprint density at radius 2 is 1.92 bits per heavy atom. The van der Waals surface area contributed by atoms with Crippen LogP contribution >= 0.6 is 24.0 Å². The lowest BCUT2D eigenvalue weighted by Gasteiger charge is -2.25. The van der Waals surface area contributed by atoms with Crippen molar-refractivity contribution in [1.82, 2.24) is 20.4 Å². The van der Waals surface area contributed by atoms with Gasteiger partial charge in [0.2, 0.25) is 0 Å². The van der Waals surface area contributed by atoms with Gasteiger partial charge in [0.25, 0.3) is 0 Å². The minimum absolute atomic E-state index is 0. The molecule has 1 aliphatic heterocycles. The Bertz CT molecular complexity index is 388. The van der Waals surface area contributed by atoms with Crippen molar-refractivity contribution in [3.63, 3.8) is 0 Å². The van der Waals surface area contributed by atoms with Crippen LogP contribution in [0.15, 0.2) is 4.99 Å². The largest absolute Gasteiger partial charge is 0.401 e. The van der Waals surface area contributed by atoms with Crippen LogP contribution in [0.3, 0.4) is 0 Å². The summed E-state index contributed by atoms with van der Waals surface area (Å²) < 4.78 is 37.4. The second-order valence-electron chi connectivity index (χ2n) is 6.27. The summed E-state index contributed by atoms with van der Waals surface area (Å²) >= 11 is 0. The van der Waals surface area contributed by atoms with Gasteiger partial charge in [-0.25, -0.2) is 0 Å². The van der Waals surface area contributed by atoms with Crippen LogP contribution in [0.4, 0.5) is 13.2 Å². The zero-order chi connectivity index (χ0) is 18.2. The van der Waals surface area contributed by atoms with Gasteiger partial charge in [0.1, 0.15) is 0 Å². The van der Waals surface area contributed by atoms with Crippen LogP contribution in [0.5, 0.6) is 0 Å². The molecule has 25 heavy (non-hydrogen) atoms. The number of nitrogens with zero attached hydrogens (tertiary/aromatic N) is 3. The van der Waals surface area contributed by atoms with Gasteiger partial charge in [-0.3, -0.25) is 14.8 Å². The van der Waals surface area contributed by atoms with Crippen molar-refractivity contribution in [2.45, 2.75) is 52.4 Å². The van der Waals surface area contributed by atoms with Crippen molar-refractivity contribution in [1.29, 1.82) is 0 Å². The summed E-state index contributed by atoms with van der Waals surface area (Å²) in [5.74, 6) is 0.690. The summed E-state index contributed by atoms with van der Waals surface area (Å²) in [5, 5.41) is 6.46. The number of likely N-dealkylation sites (tertiary alicyclic amines) is 1.